The van der Waals surface area contributed by atoms with Gasteiger partial charge in [0.15, 0.2) is 0 Å². The van der Waals surface area contributed by atoms with E-state index in [-0.39, 0.29) is 18.5 Å². The van der Waals surface area contributed by atoms with Crippen molar-refractivity contribution in [1.29, 1.82) is 0 Å². The fraction of sp³-hybridized carbons (Fsp3) is 0.333. The highest BCUT2D eigenvalue weighted by atomic mass is 19.1. The summed E-state index contributed by atoms with van der Waals surface area (Å²) in [6.45, 7) is 2.35. The fourth-order valence-electron chi connectivity index (χ4n) is 2.84. The quantitative estimate of drug-likeness (QED) is 0.757. The van der Waals surface area contributed by atoms with Crippen molar-refractivity contribution in [2.75, 3.05) is 13.1 Å². The summed E-state index contributed by atoms with van der Waals surface area (Å²) in [5.41, 5.74) is 5.94. The minimum atomic E-state index is -0.407. The van der Waals surface area contributed by atoms with E-state index in [1.165, 1.54) is 12.1 Å². The van der Waals surface area contributed by atoms with Gasteiger partial charge in [0.25, 0.3) is 0 Å². The number of nitrogens with zero attached hydrogens (tertiary/aromatic N) is 2. The van der Waals surface area contributed by atoms with Crippen LogP contribution in [0.1, 0.15) is 18.4 Å². The zero-order valence-corrected chi connectivity index (χ0v) is 15.8. The van der Waals surface area contributed by atoms with Crippen molar-refractivity contribution in [2.24, 2.45) is 10.7 Å². The predicted molar refractivity (Wildman–Crippen MR) is 107 cm³/mol. The van der Waals surface area contributed by atoms with Gasteiger partial charge in [-0.1, -0.05) is 6.08 Å². The van der Waals surface area contributed by atoms with Crippen LogP contribution >= 0.6 is 0 Å². The Bertz CT molecular complexity index is 828. The van der Waals surface area contributed by atoms with E-state index in [2.05, 4.69) is 15.2 Å². The van der Waals surface area contributed by atoms with Crippen LogP contribution in [0.5, 0.6) is 5.75 Å². The van der Waals surface area contributed by atoms with Gasteiger partial charge >= 0.3 is 0 Å². The number of aryl methyl sites for hydroxylation is 1. The molecular formula is C21H25FN4O2. The van der Waals surface area contributed by atoms with Gasteiger partial charge in [-0.05, 0) is 61.8 Å². The molecule has 1 atom stereocenters. The number of amides is 1. The molecule has 1 amide bonds. The van der Waals surface area contributed by atoms with E-state index in [1.54, 1.807) is 12.3 Å². The Morgan fingerprint density at radius 3 is 2.89 bits per heavy atom. The van der Waals surface area contributed by atoms with E-state index in [1.807, 2.05) is 37.4 Å². The Morgan fingerprint density at radius 1 is 1.36 bits per heavy atom. The summed E-state index contributed by atoms with van der Waals surface area (Å²) in [5.74, 6) is 0.754. The van der Waals surface area contributed by atoms with Crippen LogP contribution in [-0.2, 0) is 4.79 Å². The number of hydrogen-bond acceptors (Lipinski definition) is 5. The third-order valence-corrected chi connectivity index (χ3v) is 4.38. The lowest BCUT2D eigenvalue weighted by atomic mass is 10.2. The van der Waals surface area contributed by atoms with Crippen LogP contribution < -0.4 is 15.8 Å². The molecule has 1 fully saturated rings. The molecule has 1 aromatic carbocycles. The topological polar surface area (TPSA) is 80.0 Å². The maximum atomic E-state index is 13.3. The Kier molecular flexibility index (Phi) is 6.60. The lowest BCUT2D eigenvalue weighted by Gasteiger charge is -2.23. The van der Waals surface area contributed by atoms with E-state index < -0.39 is 5.91 Å². The molecule has 28 heavy (non-hydrogen) atoms. The third kappa shape index (κ3) is 5.79. The van der Waals surface area contributed by atoms with Gasteiger partial charge in [-0.2, -0.15) is 0 Å². The van der Waals surface area contributed by atoms with Gasteiger partial charge in [0, 0.05) is 18.4 Å². The molecule has 148 valence electrons. The largest absolute Gasteiger partial charge is 0.482 e. The molecule has 1 aliphatic carbocycles. The molecular weight excluding hydrogens is 359 g/mol. The summed E-state index contributed by atoms with van der Waals surface area (Å²) in [6.07, 6.45) is 13.1. The van der Waals surface area contributed by atoms with Crippen molar-refractivity contribution >= 4 is 11.7 Å². The number of halogens is 1. The number of rotatable bonds is 7. The first-order chi connectivity index (χ1) is 13.5. The van der Waals surface area contributed by atoms with Gasteiger partial charge in [-0.3, -0.25) is 4.79 Å². The molecule has 2 aliphatic rings. The highest BCUT2D eigenvalue weighted by Gasteiger charge is 2.30. The second-order valence-electron chi connectivity index (χ2n) is 6.81. The lowest BCUT2D eigenvalue weighted by Crippen LogP contribution is -2.39. The average Bonchev–Trinajstić information content (AvgIpc) is 3.47. The average molecular weight is 384 g/mol. The van der Waals surface area contributed by atoms with Gasteiger partial charge in [0.2, 0.25) is 5.91 Å². The molecule has 6 nitrogen and oxygen atoms in total. The maximum absolute atomic E-state index is 13.3. The lowest BCUT2D eigenvalue weighted by molar-refractivity contribution is -0.117. The van der Waals surface area contributed by atoms with Gasteiger partial charge < -0.3 is 20.7 Å². The molecule has 0 saturated heterocycles. The van der Waals surface area contributed by atoms with Crippen molar-refractivity contribution in [3.8, 4) is 5.75 Å². The van der Waals surface area contributed by atoms with Crippen molar-refractivity contribution in [3.63, 3.8) is 0 Å². The van der Waals surface area contributed by atoms with E-state index in [0.717, 1.165) is 24.2 Å². The summed E-state index contributed by atoms with van der Waals surface area (Å²) in [5, 5.41) is 3.02. The highest BCUT2D eigenvalue weighted by molar-refractivity contribution is 5.87. The number of carbonyl (C=O) groups excluding carboxylic acids is 1. The molecule has 0 aromatic heterocycles. The molecule has 1 aliphatic heterocycles. The molecule has 1 unspecified atom stereocenters. The molecule has 1 saturated carbocycles. The SMILES string of the molecule is Cc1cc(F)ccc1OC1C=C/C=C/N=C(CNCC(N)=O)N(C2CC2)C=C1. The van der Waals surface area contributed by atoms with E-state index in [4.69, 9.17) is 10.5 Å². The summed E-state index contributed by atoms with van der Waals surface area (Å²) in [4.78, 5) is 17.6. The summed E-state index contributed by atoms with van der Waals surface area (Å²) >= 11 is 0. The number of allylic oxidation sites excluding steroid dienone is 2. The van der Waals surface area contributed by atoms with Crippen LogP contribution in [0.2, 0.25) is 0 Å². The summed E-state index contributed by atoms with van der Waals surface area (Å²) in [6, 6.07) is 4.87. The normalized spacial score (nSPS) is 20.6. The maximum Gasteiger partial charge on any atom is 0.231 e. The van der Waals surface area contributed by atoms with Crippen molar-refractivity contribution in [1.82, 2.24) is 10.2 Å². The molecule has 7 heteroatoms. The molecule has 0 radical (unpaired) electrons. The van der Waals surface area contributed by atoms with Crippen molar-refractivity contribution < 1.29 is 13.9 Å². The Labute approximate surface area is 164 Å². The fourth-order valence-corrected chi connectivity index (χ4v) is 2.84. The molecule has 1 aromatic rings. The van der Waals surface area contributed by atoms with Crippen LogP contribution in [0.25, 0.3) is 0 Å². The summed E-state index contributed by atoms with van der Waals surface area (Å²) < 4.78 is 19.4. The van der Waals surface area contributed by atoms with Crippen LogP contribution in [-0.4, -0.2) is 41.9 Å². The van der Waals surface area contributed by atoms with Crippen LogP contribution in [0.3, 0.4) is 0 Å². The van der Waals surface area contributed by atoms with Crippen LogP contribution in [0.15, 0.2) is 59.9 Å². The van der Waals surface area contributed by atoms with Gasteiger partial charge in [0.05, 0.1) is 13.1 Å². The number of hydrogen-bond donors (Lipinski definition) is 2. The second kappa shape index (κ2) is 9.32. The van der Waals surface area contributed by atoms with Crippen LogP contribution in [0, 0.1) is 12.7 Å². The minimum absolute atomic E-state index is 0.0977. The second-order valence-corrected chi connectivity index (χ2v) is 6.81. The van der Waals surface area contributed by atoms with Crippen LogP contribution in [0.4, 0.5) is 4.39 Å². The van der Waals surface area contributed by atoms with Crippen molar-refractivity contribution in [3.05, 3.63) is 66.3 Å². The smallest absolute Gasteiger partial charge is 0.231 e. The Balaban J connectivity index is 1.77. The van der Waals surface area contributed by atoms with Gasteiger partial charge in [-0.25, -0.2) is 9.38 Å². The molecule has 3 rings (SSSR count). The zero-order valence-electron chi connectivity index (χ0n) is 15.8. The van der Waals surface area contributed by atoms with Crippen molar-refractivity contribution in [2.45, 2.75) is 31.9 Å². The zero-order chi connectivity index (χ0) is 19.9. The van der Waals surface area contributed by atoms with E-state index in [9.17, 15) is 9.18 Å². The first-order valence-electron chi connectivity index (χ1n) is 9.31. The number of ether oxygens (including phenoxy) is 1. The van der Waals surface area contributed by atoms with E-state index >= 15 is 0 Å². The number of carbonyl (C=O) groups is 1. The minimum Gasteiger partial charge on any atom is -0.482 e. The first kappa shape index (κ1) is 19.8. The number of benzene rings is 1. The molecule has 3 N–H and O–H groups in total. The third-order valence-electron chi connectivity index (χ3n) is 4.38. The number of nitrogens with one attached hydrogen (secondary N) is 1. The Morgan fingerprint density at radius 2 is 2.18 bits per heavy atom. The monoisotopic (exact) mass is 384 g/mol. The number of primary amides is 1. The molecule has 0 bridgehead atoms. The number of aliphatic imine (C=N–C) groups is 1. The van der Waals surface area contributed by atoms with Gasteiger partial charge in [0.1, 0.15) is 23.5 Å². The number of nitrogens with two attached hydrogens (primary N) is 1. The van der Waals surface area contributed by atoms with Gasteiger partial charge in [-0.15, -0.1) is 0 Å². The Hall–Kier alpha value is -2.93. The standard InChI is InChI=1S/C21H25FN4O2/c1-15-12-16(22)5-8-19(15)28-18-4-2-3-10-25-21(14-24-13-20(23)27)26(11-9-18)17-6-7-17/h2-5,8-12,17-18,24H,6-7,13-14H2,1H3,(H2,23,27)/b4-2?,10-3+,11-9?,25-21?. The highest BCUT2D eigenvalue weighted by Crippen LogP contribution is 2.28. The van der Waals surface area contributed by atoms with E-state index in [0.29, 0.717) is 18.3 Å². The molecule has 1 heterocycles. The predicted octanol–water partition coefficient (Wildman–Crippen LogP) is 2.42. The number of amidine groups is 1. The first-order valence-corrected chi connectivity index (χ1v) is 9.31. The summed E-state index contributed by atoms with van der Waals surface area (Å²) in [7, 11) is 0. The molecule has 0 spiro atoms.